The lowest BCUT2D eigenvalue weighted by molar-refractivity contribution is 0.393. The molecule has 0 atom stereocenters. The van der Waals surface area contributed by atoms with Gasteiger partial charge >= 0.3 is 0 Å². The van der Waals surface area contributed by atoms with Gasteiger partial charge in [0.2, 0.25) is 0 Å². The van der Waals surface area contributed by atoms with E-state index in [1.807, 2.05) is 18.2 Å². The van der Waals surface area contributed by atoms with E-state index in [9.17, 15) is 4.39 Å². The molecule has 2 aromatic carbocycles. The van der Waals surface area contributed by atoms with E-state index >= 15 is 0 Å². The highest BCUT2D eigenvalue weighted by molar-refractivity contribution is 6.07. The molecule has 0 fully saturated rings. The number of hydrogen-bond donors (Lipinski definition) is 2. The molecule has 0 bridgehead atoms. The van der Waals surface area contributed by atoms with Crippen LogP contribution >= 0.6 is 0 Å². The Morgan fingerprint density at radius 2 is 1.81 bits per heavy atom. The van der Waals surface area contributed by atoms with Gasteiger partial charge in [-0.2, -0.15) is 0 Å². The Morgan fingerprint density at radius 1 is 1.04 bits per heavy atom. The number of nitrogens with zero attached hydrogens (tertiary/aromatic N) is 2. The van der Waals surface area contributed by atoms with E-state index in [0.29, 0.717) is 17.9 Å². The molecule has 0 aliphatic heterocycles. The smallest absolute Gasteiger partial charge is 0.154 e. The van der Waals surface area contributed by atoms with E-state index in [0.717, 1.165) is 33.5 Å². The van der Waals surface area contributed by atoms with Crippen molar-refractivity contribution in [1.82, 2.24) is 15.0 Å². The number of benzene rings is 2. The fraction of sp³-hybridized carbons (Fsp3) is 0.158. The average Bonchev–Trinajstić information content (AvgIpc) is 3.04. The minimum absolute atomic E-state index is 0.296. The first-order valence-electron chi connectivity index (χ1n) is 8.05. The van der Waals surface area contributed by atoms with Gasteiger partial charge in [-0.1, -0.05) is 0 Å². The fourth-order valence-electron chi connectivity index (χ4n) is 2.95. The lowest BCUT2D eigenvalue weighted by atomic mass is 10.2. The zero-order valence-corrected chi connectivity index (χ0v) is 14.3. The van der Waals surface area contributed by atoms with Crippen LogP contribution in [0.5, 0.6) is 11.5 Å². The molecule has 0 saturated carbocycles. The van der Waals surface area contributed by atoms with E-state index in [1.54, 1.807) is 20.3 Å². The van der Waals surface area contributed by atoms with Crippen LogP contribution < -0.4 is 14.8 Å². The van der Waals surface area contributed by atoms with E-state index in [1.165, 1.54) is 18.5 Å². The summed E-state index contributed by atoms with van der Waals surface area (Å²) in [6.45, 7) is 0.517. The Balaban J connectivity index is 1.69. The normalized spacial score (nSPS) is 11.0. The van der Waals surface area contributed by atoms with Crippen molar-refractivity contribution in [2.45, 2.75) is 6.54 Å². The van der Waals surface area contributed by atoms with Crippen molar-refractivity contribution in [3.63, 3.8) is 0 Å². The van der Waals surface area contributed by atoms with Gasteiger partial charge in [0.1, 0.15) is 34.7 Å². The Kier molecular flexibility index (Phi) is 4.04. The predicted molar refractivity (Wildman–Crippen MR) is 98.2 cm³/mol. The van der Waals surface area contributed by atoms with Crippen molar-refractivity contribution < 1.29 is 13.9 Å². The third-order valence-corrected chi connectivity index (χ3v) is 4.21. The first kappa shape index (κ1) is 16.1. The Hall–Kier alpha value is -3.35. The van der Waals surface area contributed by atoms with Crippen LogP contribution in [0.4, 0.5) is 10.2 Å². The van der Waals surface area contributed by atoms with E-state index < -0.39 is 0 Å². The number of methoxy groups -OCH3 is 2. The summed E-state index contributed by atoms with van der Waals surface area (Å²) >= 11 is 0. The quantitative estimate of drug-likeness (QED) is 0.570. The van der Waals surface area contributed by atoms with Crippen LogP contribution in [0.3, 0.4) is 0 Å². The molecule has 6 nitrogen and oxygen atoms in total. The SMILES string of the molecule is COc1cc(CNc2ncnc3c2[nH]c2ccc(F)cc23)cc(OC)c1. The molecule has 0 unspecified atom stereocenters. The molecule has 132 valence electrons. The molecule has 4 rings (SSSR count). The molecule has 0 aliphatic carbocycles. The van der Waals surface area contributed by atoms with Gasteiger partial charge in [0, 0.05) is 23.5 Å². The lowest BCUT2D eigenvalue weighted by Gasteiger charge is -2.10. The summed E-state index contributed by atoms with van der Waals surface area (Å²) in [5, 5.41) is 4.03. The van der Waals surface area contributed by atoms with E-state index in [4.69, 9.17) is 9.47 Å². The number of anilines is 1. The molecule has 2 N–H and O–H groups in total. The van der Waals surface area contributed by atoms with E-state index in [-0.39, 0.29) is 5.82 Å². The first-order chi connectivity index (χ1) is 12.7. The fourth-order valence-corrected chi connectivity index (χ4v) is 2.95. The number of H-pyrrole nitrogens is 1. The number of aromatic amines is 1. The largest absolute Gasteiger partial charge is 0.497 e. The van der Waals surface area contributed by atoms with Gasteiger partial charge in [-0.25, -0.2) is 14.4 Å². The number of fused-ring (bicyclic) bond motifs is 3. The molecule has 2 heterocycles. The third kappa shape index (κ3) is 2.88. The summed E-state index contributed by atoms with van der Waals surface area (Å²) in [6.07, 6.45) is 1.47. The highest BCUT2D eigenvalue weighted by Gasteiger charge is 2.11. The van der Waals surface area contributed by atoms with Gasteiger partial charge in [-0.3, -0.25) is 0 Å². The zero-order chi connectivity index (χ0) is 18.1. The summed E-state index contributed by atoms with van der Waals surface area (Å²) in [5.74, 6) is 1.79. The summed E-state index contributed by atoms with van der Waals surface area (Å²) in [6, 6.07) is 10.3. The molecular weight excluding hydrogens is 335 g/mol. The molecule has 0 aliphatic rings. The maximum absolute atomic E-state index is 13.6. The van der Waals surface area contributed by atoms with Crippen LogP contribution in [0.1, 0.15) is 5.56 Å². The second-order valence-corrected chi connectivity index (χ2v) is 5.84. The van der Waals surface area contributed by atoms with Gasteiger partial charge in [0.05, 0.1) is 14.2 Å². The van der Waals surface area contributed by atoms with Gasteiger partial charge < -0.3 is 19.8 Å². The summed E-state index contributed by atoms with van der Waals surface area (Å²) in [7, 11) is 3.23. The summed E-state index contributed by atoms with van der Waals surface area (Å²) in [4.78, 5) is 11.9. The average molecular weight is 352 g/mol. The topological polar surface area (TPSA) is 72.1 Å². The van der Waals surface area contributed by atoms with Crippen molar-refractivity contribution in [1.29, 1.82) is 0 Å². The third-order valence-electron chi connectivity index (χ3n) is 4.21. The highest BCUT2D eigenvalue weighted by atomic mass is 19.1. The Bertz CT molecular complexity index is 1070. The second-order valence-electron chi connectivity index (χ2n) is 5.84. The molecule has 0 spiro atoms. The highest BCUT2D eigenvalue weighted by Crippen LogP contribution is 2.28. The summed E-state index contributed by atoms with van der Waals surface area (Å²) < 4.78 is 24.1. The van der Waals surface area contributed by atoms with Crippen molar-refractivity contribution in [2.24, 2.45) is 0 Å². The zero-order valence-electron chi connectivity index (χ0n) is 14.3. The molecule has 4 aromatic rings. The molecule has 0 amide bonds. The standard InChI is InChI=1S/C19H17FN4O2/c1-25-13-5-11(6-14(8-13)26-2)9-21-19-18-17(22-10-23-19)15-7-12(20)3-4-16(15)24-18/h3-8,10,24H,9H2,1-2H3,(H,21,22,23). The van der Waals surface area contributed by atoms with Crippen molar-refractivity contribution in [3.8, 4) is 11.5 Å². The Morgan fingerprint density at radius 3 is 2.54 bits per heavy atom. The Labute approximate surface area is 149 Å². The van der Waals surface area contributed by atoms with Gasteiger partial charge in [0.25, 0.3) is 0 Å². The van der Waals surface area contributed by atoms with Gasteiger partial charge in [-0.15, -0.1) is 0 Å². The van der Waals surface area contributed by atoms with Crippen LogP contribution in [-0.2, 0) is 6.54 Å². The number of rotatable bonds is 5. The van der Waals surface area contributed by atoms with Crippen LogP contribution in [0, 0.1) is 5.82 Å². The molecule has 7 heteroatoms. The van der Waals surface area contributed by atoms with Crippen molar-refractivity contribution in [3.05, 3.63) is 54.1 Å². The lowest BCUT2D eigenvalue weighted by Crippen LogP contribution is -2.03. The number of halogens is 1. The number of ether oxygens (including phenoxy) is 2. The van der Waals surface area contributed by atoms with Gasteiger partial charge in [-0.05, 0) is 35.9 Å². The van der Waals surface area contributed by atoms with Crippen LogP contribution in [-0.4, -0.2) is 29.2 Å². The molecule has 2 aromatic heterocycles. The van der Waals surface area contributed by atoms with Crippen LogP contribution in [0.15, 0.2) is 42.7 Å². The minimum atomic E-state index is -0.296. The first-order valence-corrected chi connectivity index (χ1v) is 8.05. The molecule has 26 heavy (non-hydrogen) atoms. The van der Waals surface area contributed by atoms with Crippen LogP contribution in [0.25, 0.3) is 21.9 Å². The maximum Gasteiger partial charge on any atom is 0.154 e. The molecule has 0 saturated heterocycles. The minimum Gasteiger partial charge on any atom is -0.497 e. The van der Waals surface area contributed by atoms with Crippen LogP contribution in [0.2, 0.25) is 0 Å². The van der Waals surface area contributed by atoms with E-state index in [2.05, 4.69) is 20.3 Å². The molecule has 0 radical (unpaired) electrons. The monoisotopic (exact) mass is 352 g/mol. The second kappa shape index (κ2) is 6.51. The number of aromatic nitrogens is 3. The van der Waals surface area contributed by atoms with Gasteiger partial charge in [0.15, 0.2) is 5.82 Å². The predicted octanol–water partition coefficient (Wildman–Crippen LogP) is 3.88. The number of hydrogen-bond acceptors (Lipinski definition) is 5. The maximum atomic E-state index is 13.6. The van der Waals surface area contributed by atoms with Crippen molar-refractivity contribution >= 4 is 27.8 Å². The molecular formula is C19H17FN4O2. The number of nitrogens with one attached hydrogen (secondary N) is 2. The summed E-state index contributed by atoms with van der Waals surface area (Å²) in [5.41, 5.74) is 3.21. The van der Waals surface area contributed by atoms with Crippen molar-refractivity contribution in [2.75, 3.05) is 19.5 Å².